The van der Waals surface area contributed by atoms with E-state index in [2.05, 4.69) is 35.3 Å². The van der Waals surface area contributed by atoms with Crippen LogP contribution in [0.5, 0.6) is 0 Å². The number of nitrogens with zero attached hydrogens (tertiary/aromatic N) is 2. The quantitative estimate of drug-likeness (QED) is 0.627. The van der Waals surface area contributed by atoms with E-state index in [4.69, 9.17) is 16.0 Å². The van der Waals surface area contributed by atoms with Crippen molar-refractivity contribution in [2.75, 3.05) is 7.05 Å². The van der Waals surface area contributed by atoms with Gasteiger partial charge in [0.1, 0.15) is 5.76 Å². The maximum absolute atomic E-state index is 6.23. The van der Waals surface area contributed by atoms with E-state index in [1.807, 2.05) is 31.2 Å². The first-order chi connectivity index (χ1) is 11.0. The van der Waals surface area contributed by atoms with Gasteiger partial charge in [0.25, 0.3) is 0 Å². The number of thiophene rings is 1. The Kier molecular flexibility index (Phi) is 4.85. The highest BCUT2D eigenvalue weighted by molar-refractivity contribution is 7.10. The minimum absolute atomic E-state index is 0.587. The molecule has 3 nitrogen and oxygen atoms in total. The van der Waals surface area contributed by atoms with E-state index < -0.39 is 0 Å². The van der Waals surface area contributed by atoms with Gasteiger partial charge in [-0.05, 0) is 50.0 Å². The molecule has 2 aromatic heterocycles. The predicted octanol–water partition coefficient (Wildman–Crippen LogP) is 5.31. The molecule has 3 aromatic rings. The van der Waals surface area contributed by atoms with Crippen molar-refractivity contribution < 1.29 is 4.42 Å². The molecule has 0 saturated carbocycles. The number of hydrogen-bond acceptors (Lipinski definition) is 4. The number of hydrogen-bond donors (Lipinski definition) is 0. The van der Waals surface area contributed by atoms with E-state index in [1.54, 1.807) is 11.3 Å². The average Bonchev–Trinajstić information content (AvgIpc) is 3.07. The van der Waals surface area contributed by atoms with Crippen molar-refractivity contribution in [3.63, 3.8) is 0 Å². The number of aromatic nitrogens is 1. The molecule has 2 heterocycles. The highest BCUT2D eigenvalue weighted by Gasteiger charge is 2.15. The SMILES string of the molecule is Cc1ccsc1CN(C)Cc1nc(-c2ccccc2Cl)oc1C. The van der Waals surface area contributed by atoms with Crippen LogP contribution >= 0.6 is 22.9 Å². The molecular formula is C18H19ClN2OS. The summed E-state index contributed by atoms with van der Waals surface area (Å²) < 4.78 is 5.82. The molecule has 0 unspecified atom stereocenters. The van der Waals surface area contributed by atoms with E-state index in [1.165, 1.54) is 10.4 Å². The third-order valence-electron chi connectivity index (χ3n) is 3.80. The lowest BCUT2D eigenvalue weighted by Crippen LogP contribution is -2.17. The van der Waals surface area contributed by atoms with Crippen LogP contribution in [-0.4, -0.2) is 16.9 Å². The van der Waals surface area contributed by atoms with Crippen molar-refractivity contribution in [1.82, 2.24) is 9.88 Å². The van der Waals surface area contributed by atoms with Gasteiger partial charge in [-0.15, -0.1) is 11.3 Å². The molecule has 0 N–H and O–H groups in total. The Morgan fingerprint density at radius 2 is 1.96 bits per heavy atom. The van der Waals surface area contributed by atoms with Crippen molar-refractivity contribution in [3.8, 4) is 11.5 Å². The van der Waals surface area contributed by atoms with Crippen LogP contribution in [0.3, 0.4) is 0 Å². The van der Waals surface area contributed by atoms with Crippen LogP contribution in [0.4, 0.5) is 0 Å². The Balaban J connectivity index is 1.76. The molecule has 23 heavy (non-hydrogen) atoms. The molecule has 5 heteroatoms. The van der Waals surface area contributed by atoms with Crippen LogP contribution < -0.4 is 0 Å². The van der Waals surface area contributed by atoms with E-state index in [9.17, 15) is 0 Å². The Morgan fingerprint density at radius 3 is 2.65 bits per heavy atom. The molecule has 0 aliphatic rings. The Morgan fingerprint density at radius 1 is 1.17 bits per heavy atom. The lowest BCUT2D eigenvalue weighted by molar-refractivity contribution is 0.315. The Bertz CT molecular complexity index is 809. The summed E-state index contributed by atoms with van der Waals surface area (Å²) in [5.41, 5.74) is 3.13. The molecule has 0 amide bonds. The number of halogens is 1. The third kappa shape index (κ3) is 3.66. The van der Waals surface area contributed by atoms with Gasteiger partial charge in [0.05, 0.1) is 16.3 Å². The molecule has 0 radical (unpaired) electrons. The van der Waals surface area contributed by atoms with Crippen LogP contribution in [-0.2, 0) is 13.1 Å². The largest absolute Gasteiger partial charge is 0.441 e. The molecule has 1 aromatic carbocycles. The molecule has 120 valence electrons. The summed E-state index contributed by atoms with van der Waals surface area (Å²) >= 11 is 8.02. The number of aryl methyl sites for hydroxylation is 2. The van der Waals surface area contributed by atoms with Crippen LogP contribution in [0, 0.1) is 13.8 Å². The van der Waals surface area contributed by atoms with E-state index >= 15 is 0 Å². The lowest BCUT2D eigenvalue weighted by Gasteiger charge is -2.14. The van der Waals surface area contributed by atoms with Crippen molar-refractivity contribution in [2.24, 2.45) is 0 Å². The fourth-order valence-electron chi connectivity index (χ4n) is 2.45. The van der Waals surface area contributed by atoms with Gasteiger partial charge in [0.15, 0.2) is 0 Å². The highest BCUT2D eigenvalue weighted by Crippen LogP contribution is 2.29. The lowest BCUT2D eigenvalue weighted by atomic mass is 10.2. The van der Waals surface area contributed by atoms with Gasteiger partial charge >= 0.3 is 0 Å². The minimum atomic E-state index is 0.587. The van der Waals surface area contributed by atoms with Crippen molar-refractivity contribution in [2.45, 2.75) is 26.9 Å². The summed E-state index contributed by atoms with van der Waals surface area (Å²) in [6.45, 7) is 5.76. The van der Waals surface area contributed by atoms with Gasteiger partial charge < -0.3 is 4.42 Å². The highest BCUT2D eigenvalue weighted by atomic mass is 35.5. The summed E-state index contributed by atoms with van der Waals surface area (Å²) in [4.78, 5) is 8.28. The topological polar surface area (TPSA) is 29.3 Å². The zero-order valence-corrected chi connectivity index (χ0v) is 15.0. The van der Waals surface area contributed by atoms with Crippen LogP contribution in [0.25, 0.3) is 11.5 Å². The first-order valence-corrected chi connectivity index (χ1v) is 8.73. The summed E-state index contributed by atoms with van der Waals surface area (Å²) in [6, 6.07) is 9.77. The number of rotatable bonds is 5. The first kappa shape index (κ1) is 16.2. The van der Waals surface area contributed by atoms with Gasteiger partial charge in [-0.1, -0.05) is 23.7 Å². The normalized spacial score (nSPS) is 11.3. The van der Waals surface area contributed by atoms with Crippen LogP contribution in [0.15, 0.2) is 40.1 Å². The zero-order chi connectivity index (χ0) is 16.4. The number of benzene rings is 1. The second-order valence-electron chi connectivity index (χ2n) is 5.70. The summed E-state index contributed by atoms with van der Waals surface area (Å²) in [6.07, 6.45) is 0. The molecule has 0 saturated heterocycles. The van der Waals surface area contributed by atoms with Gasteiger partial charge in [0, 0.05) is 18.0 Å². The third-order valence-corrected chi connectivity index (χ3v) is 5.14. The Hall–Kier alpha value is -1.62. The van der Waals surface area contributed by atoms with Gasteiger partial charge in [-0.25, -0.2) is 4.98 Å². The first-order valence-electron chi connectivity index (χ1n) is 7.47. The zero-order valence-electron chi connectivity index (χ0n) is 13.5. The maximum Gasteiger partial charge on any atom is 0.228 e. The smallest absolute Gasteiger partial charge is 0.228 e. The summed E-state index contributed by atoms with van der Waals surface area (Å²) in [7, 11) is 2.10. The minimum Gasteiger partial charge on any atom is -0.441 e. The fraction of sp³-hybridized carbons (Fsp3) is 0.278. The Labute approximate surface area is 145 Å². The predicted molar refractivity (Wildman–Crippen MR) is 95.9 cm³/mol. The molecule has 0 spiro atoms. The molecule has 0 aliphatic carbocycles. The molecule has 0 aliphatic heterocycles. The standard InChI is InChI=1S/C18H19ClN2OS/c1-12-8-9-23-17(12)11-21(3)10-16-13(2)22-18(20-16)14-6-4-5-7-15(14)19/h4-9H,10-11H2,1-3H3. The molecular weight excluding hydrogens is 328 g/mol. The summed E-state index contributed by atoms with van der Waals surface area (Å²) in [5, 5.41) is 2.79. The van der Waals surface area contributed by atoms with Gasteiger partial charge in [-0.2, -0.15) is 0 Å². The van der Waals surface area contributed by atoms with E-state index in [0.29, 0.717) is 10.9 Å². The monoisotopic (exact) mass is 346 g/mol. The average molecular weight is 347 g/mol. The fourth-order valence-corrected chi connectivity index (χ4v) is 3.65. The van der Waals surface area contributed by atoms with Crippen LogP contribution in [0.2, 0.25) is 5.02 Å². The van der Waals surface area contributed by atoms with E-state index in [0.717, 1.165) is 30.1 Å². The second-order valence-corrected chi connectivity index (χ2v) is 7.11. The van der Waals surface area contributed by atoms with Gasteiger partial charge in [0.2, 0.25) is 5.89 Å². The van der Waals surface area contributed by atoms with Gasteiger partial charge in [-0.3, -0.25) is 4.90 Å². The van der Waals surface area contributed by atoms with E-state index in [-0.39, 0.29) is 0 Å². The van der Waals surface area contributed by atoms with Crippen LogP contribution in [0.1, 0.15) is 21.9 Å². The molecule has 0 bridgehead atoms. The molecule has 0 fully saturated rings. The molecule has 0 atom stereocenters. The summed E-state index contributed by atoms with van der Waals surface area (Å²) in [5.74, 6) is 1.43. The van der Waals surface area contributed by atoms with Crippen molar-refractivity contribution in [3.05, 3.63) is 62.6 Å². The number of oxazole rings is 1. The second kappa shape index (κ2) is 6.87. The van der Waals surface area contributed by atoms with Crippen molar-refractivity contribution in [1.29, 1.82) is 0 Å². The van der Waals surface area contributed by atoms with Crippen molar-refractivity contribution >= 4 is 22.9 Å². The maximum atomic E-state index is 6.23. The molecule has 3 rings (SSSR count).